The molecule has 3 aromatic rings. The van der Waals surface area contributed by atoms with E-state index in [1.165, 1.54) is 0 Å². The molecular weight excluding hydrogens is 366 g/mol. The molecule has 2 aromatic carbocycles. The van der Waals surface area contributed by atoms with Crippen LogP contribution in [0.4, 0.5) is 0 Å². The summed E-state index contributed by atoms with van der Waals surface area (Å²) in [6.45, 7) is 0.447. The van der Waals surface area contributed by atoms with Crippen molar-refractivity contribution in [2.45, 2.75) is 21.6 Å². The normalized spacial score (nSPS) is 17.6. The maximum absolute atomic E-state index is 12.3. The Morgan fingerprint density at radius 2 is 1.96 bits per heavy atom. The molecule has 1 aliphatic heterocycles. The second-order valence-corrected chi connectivity index (χ2v) is 9.33. The predicted molar refractivity (Wildman–Crippen MR) is 102 cm³/mol. The highest BCUT2D eigenvalue weighted by Crippen LogP contribution is 2.45. The van der Waals surface area contributed by atoms with Crippen LogP contribution in [0.15, 0.2) is 82.8 Å². The van der Waals surface area contributed by atoms with Gasteiger partial charge < -0.3 is 4.74 Å². The van der Waals surface area contributed by atoms with Crippen LogP contribution in [0.3, 0.4) is 0 Å². The maximum Gasteiger partial charge on any atom is 0.180 e. The van der Waals surface area contributed by atoms with Gasteiger partial charge in [-0.3, -0.25) is 4.98 Å². The molecule has 132 valence electrons. The standard InChI is InChI=1S/C20H17NO3S2/c22-26(23)14-19(18-8-1-2-9-20(18)26)25-17-7-3-6-16(11-17)24-13-15-5-4-10-21-12-15/h1-12,19H,13-14H2. The highest BCUT2D eigenvalue weighted by Gasteiger charge is 2.34. The Kier molecular flexibility index (Phi) is 4.70. The van der Waals surface area contributed by atoms with Crippen LogP contribution in [0.2, 0.25) is 0 Å². The number of pyridine rings is 1. The molecule has 6 heteroatoms. The van der Waals surface area contributed by atoms with Crippen LogP contribution in [0.5, 0.6) is 5.75 Å². The fraction of sp³-hybridized carbons (Fsp3) is 0.150. The van der Waals surface area contributed by atoms with Crippen molar-refractivity contribution in [1.29, 1.82) is 0 Å². The SMILES string of the molecule is O=S1(=O)CC(Sc2cccc(OCc3cccnc3)c2)c2ccccc21. The Hall–Kier alpha value is -2.31. The van der Waals surface area contributed by atoms with E-state index in [1.54, 1.807) is 36.3 Å². The van der Waals surface area contributed by atoms with Gasteiger partial charge in [-0.05, 0) is 35.9 Å². The number of fused-ring (bicyclic) bond motifs is 1. The molecule has 0 N–H and O–H groups in total. The summed E-state index contributed by atoms with van der Waals surface area (Å²) in [5.41, 5.74) is 1.89. The molecule has 4 nitrogen and oxygen atoms in total. The Bertz CT molecular complexity index is 1020. The molecule has 0 aliphatic carbocycles. The average molecular weight is 383 g/mol. The fourth-order valence-electron chi connectivity index (χ4n) is 2.96. The highest BCUT2D eigenvalue weighted by molar-refractivity contribution is 8.01. The molecular formula is C20H17NO3S2. The van der Waals surface area contributed by atoms with Crippen molar-refractivity contribution in [3.05, 3.63) is 84.2 Å². The zero-order valence-electron chi connectivity index (χ0n) is 13.9. The van der Waals surface area contributed by atoms with Gasteiger partial charge in [0.05, 0.1) is 15.9 Å². The van der Waals surface area contributed by atoms with Crippen molar-refractivity contribution in [3.8, 4) is 5.75 Å². The zero-order valence-corrected chi connectivity index (χ0v) is 15.5. The van der Waals surface area contributed by atoms with Crippen LogP contribution in [-0.4, -0.2) is 19.2 Å². The molecule has 2 heterocycles. The van der Waals surface area contributed by atoms with Crippen LogP contribution < -0.4 is 4.74 Å². The van der Waals surface area contributed by atoms with Crippen LogP contribution in [0.1, 0.15) is 16.4 Å². The number of hydrogen-bond acceptors (Lipinski definition) is 5. The average Bonchev–Trinajstić information content (AvgIpc) is 2.92. The molecule has 0 amide bonds. The van der Waals surface area contributed by atoms with Crippen molar-refractivity contribution >= 4 is 21.6 Å². The number of thioether (sulfide) groups is 1. The smallest absolute Gasteiger partial charge is 0.180 e. The number of rotatable bonds is 5. The molecule has 0 bridgehead atoms. The van der Waals surface area contributed by atoms with Gasteiger partial charge in [-0.2, -0.15) is 0 Å². The van der Waals surface area contributed by atoms with Gasteiger partial charge in [0, 0.05) is 22.9 Å². The van der Waals surface area contributed by atoms with Crippen molar-refractivity contribution in [2.24, 2.45) is 0 Å². The van der Waals surface area contributed by atoms with Crippen LogP contribution in [0, 0.1) is 0 Å². The third-order valence-electron chi connectivity index (χ3n) is 4.18. The first-order valence-electron chi connectivity index (χ1n) is 8.22. The van der Waals surface area contributed by atoms with Crippen LogP contribution >= 0.6 is 11.8 Å². The zero-order chi connectivity index (χ0) is 18.0. The van der Waals surface area contributed by atoms with E-state index >= 15 is 0 Å². The summed E-state index contributed by atoms with van der Waals surface area (Å²) in [4.78, 5) is 5.53. The van der Waals surface area contributed by atoms with Gasteiger partial charge in [0.25, 0.3) is 0 Å². The lowest BCUT2D eigenvalue weighted by Crippen LogP contribution is -2.01. The van der Waals surface area contributed by atoms with Crippen molar-refractivity contribution in [1.82, 2.24) is 4.98 Å². The lowest BCUT2D eigenvalue weighted by Gasteiger charge is -2.11. The molecule has 0 radical (unpaired) electrons. The minimum absolute atomic E-state index is 0.0928. The second kappa shape index (κ2) is 7.13. The van der Waals surface area contributed by atoms with Gasteiger partial charge in [0.2, 0.25) is 0 Å². The summed E-state index contributed by atoms with van der Waals surface area (Å²) in [7, 11) is -3.19. The Morgan fingerprint density at radius 3 is 2.81 bits per heavy atom. The first-order chi connectivity index (χ1) is 12.6. The van der Waals surface area contributed by atoms with Crippen LogP contribution in [0.25, 0.3) is 0 Å². The monoisotopic (exact) mass is 383 g/mol. The number of benzene rings is 2. The Balaban J connectivity index is 1.50. The van der Waals surface area contributed by atoms with Crippen LogP contribution in [-0.2, 0) is 16.4 Å². The van der Waals surface area contributed by atoms with Gasteiger partial charge >= 0.3 is 0 Å². The summed E-state index contributed by atoms with van der Waals surface area (Å²) in [6.07, 6.45) is 3.51. The molecule has 0 saturated carbocycles. The van der Waals surface area contributed by atoms with E-state index in [4.69, 9.17) is 4.74 Å². The van der Waals surface area contributed by atoms with Crippen molar-refractivity contribution in [3.63, 3.8) is 0 Å². The first-order valence-corrected chi connectivity index (χ1v) is 10.8. The number of sulfone groups is 1. The lowest BCUT2D eigenvalue weighted by molar-refractivity contribution is 0.305. The fourth-order valence-corrected chi connectivity index (χ4v) is 6.46. The molecule has 1 atom stereocenters. The summed E-state index contributed by atoms with van der Waals surface area (Å²) >= 11 is 1.56. The largest absolute Gasteiger partial charge is 0.489 e. The van der Waals surface area contributed by atoms with E-state index in [2.05, 4.69) is 4.98 Å². The maximum atomic E-state index is 12.3. The number of nitrogens with zero attached hydrogens (tertiary/aromatic N) is 1. The molecule has 1 aromatic heterocycles. The van der Waals surface area contributed by atoms with Gasteiger partial charge in [-0.25, -0.2) is 8.42 Å². The van der Waals surface area contributed by atoms with Gasteiger partial charge in [0.1, 0.15) is 12.4 Å². The molecule has 26 heavy (non-hydrogen) atoms. The topological polar surface area (TPSA) is 56.3 Å². The van der Waals surface area contributed by atoms with E-state index in [-0.39, 0.29) is 11.0 Å². The van der Waals surface area contributed by atoms with Crippen molar-refractivity contribution in [2.75, 3.05) is 5.75 Å². The molecule has 0 saturated heterocycles. The Morgan fingerprint density at radius 1 is 1.08 bits per heavy atom. The minimum Gasteiger partial charge on any atom is -0.489 e. The first kappa shape index (κ1) is 17.1. The van der Waals surface area contributed by atoms with E-state index in [0.29, 0.717) is 11.5 Å². The lowest BCUT2D eigenvalue weighted by atomic mass is 10.2. The summed E-state index contributed by atoms with van der Waals surface area (Å²) in [5, 5.41) is -0.0928. The summed E-state index contributed by atoms with van der Waals surface area (Å²) < 4.78 is 30.5. The van der Waals surface area contributed by atoms with Gasteiger partial charge in [-0.15, -0.1) is 11.8 Å². The highest BCUT2D eigenvalue weighted by atomic mass is 32.2. The number of hydrogen-bond donors (Lipinski definition) is 0. The molecule has 0 spiro atoms. The van der Waals surface area contributed by atoms with Gasteiger partial charge in [0.15, 0.2) is 9.84 Å². The minimum atomic E-state index is -3.19. The molecule has 4 rings (SSSR count). The molecule has 1 unspecified atom stereocenters. The summed E-state index contributed by atoms with van der Waals surface area (Å²) in [5.74, 6) is 0.894. The van der Waals surface area contributed by atoms with E-state index in [9.17, 15) is 8.42 Å². The van der Waals surface area contributed by atoms with Crippen molar-refractivity contribution < 1.29 is 13.2 Å². The number of ether oxygens (including phenoxy) is 1. The van der Waals surface area contributed by atoms with Gasteiger partial charge in [-0.1, -0.05) is 30.3 Å². The van der Waals surface area contributed by atoms with E-state index in [1.807, 2.05) is 48.5 Å². The second-order valence-electron chi connectivity index (χ2n) is 6.05. The third-order valence-corrected chi connectivity index (χ3v) is 7.44. The third kappa shape index (κ3) is 3.61. The number of aromatic nitrogens is 1. The quantitative estimate of drug-likeness (QED) is 0.658. The Labute approximate surface area is 157 Å². The van der Waals surface area contributed by atoms with E-state index in [0.717, 1.165) is 21.8 Å². The predicted octanol–water partition coefficient (Wildman–Crippen LogP) is 4.28. The summed E-state index contributed by atoms with van der Waals surface area (Å²) in [6, 6.07) is 18.9. The molecule has 1 aliphatic rings. The van der Waals surface area contributed by atoms with E-state index < -0.39 is 9.84 Å². The molecule has 0 fully saturated rings.